The highest BCUT2D eigenvalue weighted by Crippen LogP contribution is 2.25. The number of hydrogen-bond acceptors (Lipinski definition) is 4. The van der Waals surface area contributed by atoms with Crippen LogP contribution in [0.4, 0.5) is 0 Å². The molecule has 0 aliphatic carbocycles. The quantitative estimate of drug-likeness (QED) is 0.540. The van der Waals surface area contributed by atoms with Crippen LogP contribution in [0.15, 0.2) is 60.1 Å². The van der Waals surface area contributed by atoms with E-state index in [1.807, 2.05) is 13.0 Å². The molecule has 0 saturated heterocycles. The van der Waals surface area contributed by atoms with E-state index in [0.29, 0.717) is 16.9 Å². The Bertz CT molecular complexity index is 582. The Labute approximate surface area is 129 Å². The summed E-state index contributed by atoms with van der Waals surface area (Å²) in [5, 5.41) is 8.77. The van der Waals surface area contributed by atoms with E-state index in [2.05, 4.69) is 13.2 Å². The smallest absolute Gasteiger partial charge is 0.180 e. The van der Waals surface area contributed by atoms with E-state index in [0.717, 1.165) is 16.9 Å². The van der Waals surface area contributed by atoms with Gasteiger partial charge in [-0.05, 0) is 30.0 Å². The van der Waals surface area contributed by atoms with Crippen molar-refractivity contribution in [1.29, 1.82) is 5.26 Å². The van der Waals surface area contributed by atoms with E-state index in [4.69, 9.17) is 10.00 Å². The van der Waals surface area contributed by atoms with Gasteiger partial charge in [0.15, 0.2) is 12.4 Å². The normalized spacial score (nSPS) is 12.6. The van der Waals surface area contributed by atoms with Gasteiger partial charge in [-0.25, -0.2) is 0 Å². The number of nitriles is 1. The number of rotatable bonds is 8. The Balaban J connectivity index is 3.04. The molecule has 1 rings (SSSR count). The lowest BCUT2D eigenvalue weighted by Gasteiger charge is -2.17. The number of thioether (sulfide) groups is 1. The monoisotopic (exact) mass is 299 g/mol. The summed E-state index contributed by atoms with van der Waals surface area (Å²) in [6.07, 6.45) is 3.30. The molecule has 0 heterocycles. The number of benzene rings is 1. The van der Waals surface area contributed by atoms with Crippen molar-refractivity contribution in [3.63, 3.8) is 0 Å². The molecule has 0 saturated carbocycles. The van der Waals surface area contributed by atoms with Gasteiger partial charge in [-0.15, -0.1) is 11.8 Å². The molecule has 1 atom stereocenters. The first kappa shape index (κ1) is 16.8. The lowest BCUT2D eigenvalue weighted by molar-refractivity contribution is -0.112. The van der Waals surface area contributed by atoms with Crippen molar-refractivity contribution in [3.05, 3.63) is 65.6 Å². The van der Waals surface area contributed by atoms with Gasteiger partial charge in [-0.2, -0.15) is 5.26 Å². The molecular weight excluding hydrogens is 282 g/mol. The van der Waals surface area contributed by atoms with Crippen molar-refractivity contribution in [2.45, 2.75) is 13.0 Å². The van der Waals surface area contributed by atoms with Crippen molar-refractivity contribution >= 4 is 18.0 Å². The fourth-order valence-electron chi connectivity index (χ4n) is 1.69. The molecule has 21 heavy (non-hydrogen) atoms. The lowest BCUT2D eigenvalue weighted by atomic mass is 10.1. The number of allylic oxidation sites excluding steroid dienone is 1. The minimum atomic E-state index is -0.748. The van der Waals surface area contributed by atoms with E-state index in [9.17, 15) is 4.79 Å². The average molecular weight is 299 g/mol. The van der Waals surface area contributed by atoms with Crippen molar-refractivity contribution in [1.82, 2.24) is 0 Å². The van der Waals surface area contributed by atoms with Crippen LogP contribution in [0, 0.1) is 11.3 Å². The Morgan fingerprint density at radius 3 is 2.48 bits per heavy atom. The molecule has 0 bridgehead atoms. The van der Waals surface area contributed by atoms with Gasteiger partial charge in [0, 0.05) is 10.5 Å². The number of aldehydes is 1. The largest absolute Gasteiger partial charge is 0.478 e. The van der Waals surface area contributed by atoms with E-state index in [1.54, 1.807) is 48.2 Å². The number of carbonyl (C=O) groups excluding carboxylic acids is 1. The topological polar surface area (TPSA) is 50.1 Å². The third-order valence-electron chi connectivity index (χ3n) is 2.67. The van der Waals surface area contributed by atoms with Gasteiger partial charge in [-0.3, -0.25) is 4.79 Å². The van der Waals surface area contributed by atoms with Crippen LogP contribution in [0.3, 0.4) is 0 Å². The highest BCUT2D eigenvalue weighted by Gasteiger charge is 2.16. The molecular formula is C17H17NO2S. The maximum atomic E-state index is 11.4. The third kappa shape index (κ3) is 4.66. The van der Waals surface area contributed by atoms with Crippen LogP contribution >= 0.6 is 11.8 Å². The summed E-state index contributed by atoms with van der Waals surface area (Å²) in [6.45, 7) is 9.53. The summed E-state index contributed by atoms with van der Waals surface area (Å²) >= 11 is 1.58. The van der Waals surface area contributed by atoms with Gasteiger partial charge in [0.2, 0.25) is 0 Å². The van der Waals surface area contributed by atoms with E-state index in [-0.39, 0.29) is 0 Å². The minimum absolute atomic E-state index is 0.523. The van der Waals surface area contributed by atoms with E-state index >= 15 is 0 Å². The molecule has 4 heteroatoms. The predicted molar refractivity (Wildman–Crippen MR) is 87.2 cm³/mol. The Kier molecular flexibility index (Phi) is 7.06. The van der Waals surface area contributed by atoms with Gasteiger partial charge >= 0.3 is 0 Å². The molecule has 0 aromatic heterocycles. The van der Waals surface area contributed by atoms with Crippen LogP contribution in [0.2, 0.25) is 0 Å². The highest BCUT2D eigenvalue weighted by molar-refractivity contribution is 8.03. The molecule has 1 aromatic rings. The second kappa shape index (κ2) is 8.83. The maximum Gasteiger partial charge on any atom is 0.180 e. The van der Waals surface area contributed by atoms with Gasteiger partial charge < -0.3 is 4.74 Å². The van der Waals surface area contributed by atoms with Crippen molar-refractivity contribution in [2.24, 2.45) is 0 Å². The zero-order chi connectivity index (χ0) is 15.7. The fourth-order valence-corrected chi connectivity index (χ4v) is 2.49. The molecule has 0 aliphatic rings. The van der Waals surface area contributed by atoms with Crippen LogP contribution in [0.5, 0.6) is 5.75 Å². The second-order valence-electron chi connectivity index (χ2n) is 3.97. The van der Waals surface area contributed by atoms with Gasteiger partial charge in [0.25, 0.3) is 0 Å². The number of nitrogens with zero attached hydrogens (tertiary/aromatic N) is 1. The average Bonchev–Trinajstić information content (AvgIpc) is 2.54. The predicted octanol–water partition coefficient (Wildman–Crippen LogP) is 3.88. The van der Waals surface area contributed by atoms with Crippen LogP contribution < -0.4 is 4.74 Å². The molecule has 0 amide bonds. The Morgan fingerprint density at radius 2 is 2.05 bits per heavy atom. The molecule has 108 valence electrons. The SMILES string of the molecule is C=C/C(SCC)=C(\C=C)C(C=O)Oc1ccc(C#N)cc1. The molecule has 0 N–H and O–H groups in total. The first-order valence-corrected chi connectivity index (χ1v) is 7.42. The summed E-state index contributed by atoms with van der Waals surface area (Å²) in [5.41, 5.74) is 1.23. The maximum absolute atomic E-state index is 11.4. The minimum Gasteiger partial charge on any atom is -0.478 e. The molecule has 0 radical (unpaired) electrons. The Morgan fingerprint density at radius 1 is 1.38 bits per heavy atom. The first-order chi connectivity index (χ1) is 10.2. The zero-order valence-corrected chi connectivity index (χ0v) is 12.7. The lowest BCUT2D eigenvalue weighted by Crippen LogP contribution is -2.21. The fraction of sp³-hybridized carbons (Fsp3) is 0.176. The number of carbonyl (C=O) groups is 1. The van der Waals surface area contributed by atoms with E-state index in [1.165, 1.54) is 0 Å². The molecule has 1 aromatic carbocycles. The summed E-state index contributed by atoms with van der Waals surface area (Å²) < 4.78 is 5.68. The van der Waals surface area contributed by atoms with Crippen molar-refractivity contribution < 1.29 is 9.53 Å². The second-order valence-corrected chi connectivity index (χ2v) is 5.28. The molecule has 1 unspecified atom stereocenters. The highest BCUT2D eigenvalue weighted by atomic mass is 32.2. The van der Waals surface area contributed by atoms with Crippen LogP contribution in [-0.4, -0.2) is 18.1 Å². The first-order valence-electron chi connectivity index (χ1n) is 6.44. The van der Waals surface area contributed by atoms with Crippen LogP contribution in [0.25, 0.3) is 0 Å². The van der Waals surface area contributed by atoms with Crippen LogP contribution in [-0.2, 0) is 4.79 Å². The standard InChI is InChI=1S/C17H17NO2S/c1-4-15(17(5-2)21-6-3)16(12-19)20-14-9-7-13(11-18)8-10-14/h4-5,7-10,12,16H,1-2,6H2,3H3/b17-15-. The van der Waals surface area contributed by atoms with Gasteiger partial charge in [-0.1, -0.05) is 32.2 Å². The van der Waals surface area contributed by atoms with Crippen LogP contribution in [0.1, 0.15) is 12.5 Å². The summed E-state index contributed by atoms with van der Waals surface area (Å²) in [4.78, 5) is 12.2. The molecule has 0 spiro atoms. The summed E-state index contributed by atoms with van der Waals surface area (Å²) in [5.74, 6) is 1.39. The summed E-state index contributed by atoms with van der Waals surface area (Å²) in [6, 6.07) is 8.64. The van der Waals surface area contributed by atoms with Crippen molar-refractivity contribution in [3.8, 4) is 11.8 Å². The molecule has 0 aliphatic heterocycles. The van der Waals surface area contributed by atoms with Crippen molar-refractivity contribution in [2.75, 3.05) is 5.75 Å². The molecule has 0 fully saturated rings. The molecule has 3 nitrogen and oxygen atoms in total. The van der Waals surface area contributed by atoms with Gasteiger partial charge in [0.05, 0.1) is 11.6 Å². The number of ether oxygens (including phenoxy) is 1. The Hall–Kier alpha value is -2.25. The zero-order valence-electron chi connectivity index (χ0n) is 11.9. The summed E-state index contributed by atoms with van der Waals surface area (Å²) in [7, 11) is 0. The van der Waals surface area contributed by atoms with E-state index < -0.39 is 6.10 Å². The number of hydrogen-bond donors (Lipinski definition) is 0. The third-order valence-corrected chi connectivity index (χ3v) is 3.67. The van der Waals surface area contributed by atoms with Gasteiger partial charge in [0.1, 0.15) is 5.75 Å².